The fourth-order valence-corrected chi connectivity index (χ4v) is 7.23. The Hall–Kier alpha value is -1.31. The van der Waals surface area contributed by atoms with Crippen molar-refractivity contribution >= 4 is 5.97 Å². The summed E-state index contributed by atoms with van der Waals surface area (Å²) in [7, 11) is 0. The highest BCUT2D eigenvalue weighted by molar-refractivity contribution is 5.83. The molecule has 32 heavy (non-hydrogen) atoms. The lowest BCUT2D eigenvalue weighted by Crippen LogP contribution is -2.43. The topological polar surface area (TPSA) is 26.3 Å². The average molecular weight is 441 g/mol. The zero-order valence-corrected chi connectivity index (χ0v) is 22.1. The molecule has 0 N–H and O–H groups in total. The second kappa shape index (κ2) is 9.51. The van der Waals surface area contributed by atoms with E-state index in [4.69, 9.17) is 4.74 Å². The minimum absolute atomic E-state index is 0.231. The molecule has 0 bridgehead atoms. The van der Waals surface area contributed by atoms with Crippen molar-refractivity contribution in [1.82, 2.24) is 0 Å². The highest BCUT2D eigenvalue weighted by Gasteiger charge is 2.59. The van der Waals surface area contributed by atoms with E-state index in [-0.39, 0.29) is 11.4 Å². The number of allylic oxidation sites excluding steroid dienone is 5. The predicted molar refractivity (Wildman–Crippen MR) is 135 cm³/mol. The van der Waals surface area contributed by atoms with Crippen LogP contribution in [0.15, 0.2) is 35.5 Å². The first kappa shape index (κ1) is 25.3. The lowest BCUT2D eigenvalue weighted by molar-refractivity contribution is -0.137. The Kier molecular flexibility index (Phi) is 7.52. The maximum absolute atomic E-state index is 11.8. The maximum Gasteiger partial charge on any atom is 0.330 e. The quantitative estimate of drug-likeness (QED) is 0.172. The molecule has 0 amide bonds. The van der Waals surface area contributed by atoms with Gasteiger partial charge in [0.25, 0.3) is 0 Å². The molecule has 3 aliphatic rings. The van der Waals surface area contributed by atoms with E-state index in [0.29, 0.717) is 23.4 Å². The summed E-state index contributed by atoms with van der Waals surface area (Å²) in [5.74, 6) is 2.84. The highest BCUT2D eigenvalue weighted by atomic mass is 16.5. The van der Waals surface area contributed by atoms with E-state index in [0.717, 1.165) is 23.3 Å². The summed E-state index contributed by atoms with van der Waals surface area (Å²) in [6.45, 7) is 18.9. The first-order valence-corrected chi connectivity index (χ1v) is 13.2. The van der Waals surface area contributed by atoms with Crippen molar-refractivity contribution in [2.45, 2.75) is 100 Å². The number of hydrogen-bond acceptors (Lipinski definition) is 2. The van der Waals surface area contributed by atoms with Gasteiger partial charge in [-0.1, -0.05) is 71.8 Å². The van der Waals surface area contributed by atoms with Gasteiger partial charge in [0.05, 0.1) is 6.61 Å². The predicted octanol–water partition coefficient (Wildman–Crippen LogP) is 8.29. The van der Waals surface area contributed by atoms with E-state index >= 15 is 0 Å². The van der Waals surface area contributed by atoms with Gasteiger partial charge in [-0.3, -0.25) is 0 Å². The average Bonchev–Trinajstić information content (AvgIpc) is 3.39. The standard InChI is InChI=1S/C30H48O2/c1-9-16-30(20-23(30)12-11-21(3)18-27(31)32-10-2)22-13-14-26-24(19-22)25(28(4,5)6)15-17-29(26,7)8/h11-12,15,18,22-24,26H,9-10,13-14,16-17,19-20H2,1-8H3/b12-11+,21-18+. The van der Waals surface area contributed by atoms with Crippen LogP contribution < -0.4 is 0 Å². The lowest BCUT2D eigenvalue weighted by Gasteiger charge is -2.52. The van der Waals surface area contributed by atoms with Gasteiger partial charge in [0.15, 0.2) is 0 Å². The molecule has 2 nitrogen and oxygen atoms in total. The molecule has 5 atom stereocenters. The van der Waals surface area contributed by atoms with E-state index in [1.54, 1.807) is 11.6 Å². The molecule has 0 aliphatic heterocycles. The van der Waals surface area contributed by atoms with Crippen molar-refractivity contribution in [3.8, 4) is 0 Å². The van der Waals surface area contributed by atoms with E-state index in [1.165, 1.54) is 44.9 Å². The van der Waals surface area contributed by atoms with Gasteiger partial charge in [-0.05, 0) is 97.9 Å². The lowest BCUT2D eigenvalue weighted by atomic mass is 9.53. The first-order valence-electron chi connectivity index (χ1n) is 13.2. The van der Waals surface area contributed by atoms with Crippen LogP contribution in [0.2, 0.25) is 0 Å². The van der Waals surface area contributed by atoms with Crippen molar-refractivity contribution in [1.29, 1.82) is 0 Å². The number of ether oxygens (including phenoxy) is 1. The molecule has 2 fully saturated rings. The minimum Gasteiger partial charge on any atom is -0.463 e. The van der Waals surface area contributed by atoms with Crippen LogP contribution in [-0.2, 0) is 9.53 Å². The third kappa shape index (κ3) is 5.26. The van der Waals surface area contributed by atoms with Gasteiger partial charge in [-0.25, -0.2) is 4.79 Å². The Morgan fingerprint density at radius 2 is 1.94 bits per heavy atom. The second-order valence-electron chi connectivity index (χ2n) is 12.6. The van der Waals surface area contributed by atoms with E-state index in [1.807, 2.05) is 13.8 Å². The molecule has 2 saturated carbocycles. The van der Waals surface area contributed by atoms with Gasteiger partial charge in [0, 0.05) is 6.08 Å². The van der Waals surface area contributed by atoms with Crippen LogP contribution in [0, 0.1) is 39.9 Å². The molecule has 0 spiro atoms. The number of rotatable bonds is 7. The van der Waals surface area contributed by atoms with Crippen LogP contribution in [0.25, 0.3) is 0 Å². The largest absolute Gasteiger partial charge is 0.463 e. The summed E-state index contributed by atoms with van der Waals surface area (Å²) < 4.78 is 5.06. The summed E-state index contributed by atoms with van der Waals surface area (Å²) in [6.07, 6.45) is 18.1. The second-order valence-corrected chi connectivity index (χ2v) is 12.6. The summed E-state index contributed by atoms with van der Waals surface area (Å²) in [4.78, 5) is 11.8. The third-order valence-corrected chi connectivity index (χ3v) is 8.90. The van der Waals surface area contributed by atoms with Gasteiger partial charge in [0.2, 0.25) is 0 Å². The van der Waals surface area contributed by atoms with Crippen molar-refractivity contribution in [2.75, 3.05) is 6.61 Å². The summed E-state index contributed by atoms with van der Waals surface area (Å²) >= 11 is 0. The Morgan fingerprint density at radius 3 is 2.56 bits per heavy atom. The van der Waals surface area contributed by atoms with Crippen molar-refractivity contribution in [2.24, 2.45) is 39.9 Å². The Bertz CT molecular complexity index is 775. The van der Waals surface area contributed by atoms with Gasteiger partial charge in [0.1, 0.15) is 0 Å². The van der Waals surface area contributed by atoms with Crippen LogP contribution in [0.5, 0.6) is 0 Å². The van der Waals surface area contributed by atoms with Crippen molar-refractivity contribution in [3.63, 3.8) is 0 Å². The zero-order chi connectivity index (χ0) is 23.7. The van der Waals surface area contributed by atoms with Crippen molar-refractivity contribution < 1.29 is 9.53 Å². The van der Waals surface area contributed by atoms with Crippen LogP contribution >= 0.6 is 0 Å². The number of esters is 1. The number of hydrogen-bond donors (Lipinski definition) is 0. The molecular weight excluding hydrogens is 392 g/mol. The first-order chi connectivity index (χ1) is 14.9. The van der Waals surface area contributed by atoms with E-state index in [2.05, 4.69) is 59.8 Å². The molecular formula is C30H48O2. The Labute approximate surface area is 198 Å². The van der Waals surface area contributed by atoms with Crippen LogP contribution in [0.3, 0.4) is 0 Å². The van der Waals surface area contributed by atoms with E-state index < -0.39 is 0 Å². The molecule has 3 rings (SSSR count). The summed E-state index contributed by atoms with van der Waals surface area (Å²) in [5, 5.41) is 0. The molecule has 0 radical (unpaired) electrons. The number of carbonyl (C=O) groups excluding carboxylic acids is 1. The van der Waals surface area contributed by atoms with Gasteiger partial charge in [-0.15, -0.1) is 0 Å². The maximum atomic E-state index is 11.8. The molecule has 0 heterocycles. The van der Waals surface area contributed by atoms with Crippen molar-refractivity contribution in [3.05, 3.63) is 35.5 Å². The van der Waals surface area contributed by atoms with Crippen LogP contribution in [0.1, 0.15) is 100 Å². The Morgan fingerprint density at radius 1 is 1.22 bits per heavy atom. The normalized spacial score (nSPS) is 34.8. The zero-order valence-electron chi connectivity index (χ0n) is 22.1. The fourth-order valence-electron chi connectivity index (χ4n) is 7.23. The molecule has 0 saturated heterocycles. The molecule has 180 valence electrons. The molecule has 0 aromatic carbocycles. The van der Waals surface area contributed by atoms with Crippen LogP contribution in [-0.4, -0.2) is 12.6 Å². The van der Waals surface area contributed by atoms with E-state index in [9.17, 15) is 4.79 Å². The van der Waals surface area contributed by atoms with Gasteiger partial charge >= 0.3 is 5.97 Å². The van der Waals surface area contributed by atoms with Crippen LogP contribution in [0.4, 0.5) is 0 Å². The molecule has 3 aliphatic carbocycles. The van der Waals surface area contributed by atoms with Gasteiger partial charge in [-0.2, -0.15) is 0 Å². The monoisotopic (exact) mass is 440 g/mol. The minimum atomic E-state index is -0.231. The number of fused-ring (bicyclic) bond motifs is 1. The molecule has 2 heteroatoms. The molecule has 5 unspecified atom stereocenters. The van der Waals surface area contributed by atoms with Gasteiger partial charge < -0.3 is 4.74 Å². The number of carbonyl (C=O) groups is 1. The summed E-state index contributed by atoms with van der Waals surface area (Å²) in [6, 6.07) is 0. The molecule has 0 aromatic heterocycles. The highest BCUT2D eigenvalue weighted by Crippen LogP contribution is 2.67. The molecule has 0 aromatic rings. The Balaban J connectivity index is 1.77. The fraction of sp³-hybridized carbons (Fsp3) is 0.767. The smallest absolute Gasteiger partial charge is 0.330 e. The summed E-state index contributed by atoms with van der Waals surface area (Å²) in [5.41, 5.74) is 3.91. The SMILES string of the molecule is CCCC1(C2CCC3C(C2)C(C(C)(C)C)=CCC3(C)C)CC1/C=C/C(C)=C/C(=O)OCC. The third-order valence-electron chi connectivity index (χ3n) is 8.90.